The largest absolute Gasteiger partial charge is 0.507 e. The van der Waals surface area contributed by atoms with E-state index < -0.39 is 0 Å². The van der Waals surface area contributed by atoms with Crippen molar-refractivity contribution in [3.63, 3.8) is 0 Å². The molecule has 4 aromatic rings. The summed E-state index contributed by atoms with van der Waals surface area (Å²) in [5, 5.41) is 18.4. The first-order valence-corrected chi connectivity index (χ1v) is 12.7. The summed E-state index contributed by atoms with van der Waals surface area (Å²) < 4.78 is 2.55. The molecule has 1 atom stereocenters. The Labute approximate surface area is 212 Å². The van der Waals surface area contributed by atoms with Crippen LogP contribution in [0.5, 0.6) is 5.75 Å². The first-order chi connectivity index (χ1) is 17.0. The molecule has 0 radical (unpaired) electrons. The van der Waals surface area contributed by atoms with Gasteiger partial charge < -0.3 is 15.3 Å². The van der Waals surface area contributed by atoms with Crippen molar-refractivity contribution < 1.29 is 9.90 Å². The molecule has 2 aromatic carbocycles. The highest BCUT2D eigenvalue weighted by atomic mass is 79.9. The highest BCUT2D eigenvalue weighted by molar-refractivity contribution is 9.10. The van der Waals surface area contributed by atoms with Gasteiger partial charge in [-0.1, -0.05) is 49.4 Å². The third-order valence-electron chi connectivity index (χ3n) is 6.57. The Morgan fingerprint density at radius 1 is 1.14 bits per heavy atom. The van der Waals surface area contributed by atoms with Crippen LogP contribution < -0.4 is 5.32 Å². The molecule has 1 amide bonds. The van der Waals surface area contributed by atoms with Gasteiger partial charge in [-0.3, -0.25) is 4.79 Å². The predicted molar refractivity (Wildman–Crippen MR) is 140 cm³/mol. The summed E-state index contributed by atoms with van der Waals surface area (Å²) in [6.45, 7) is 3.46. The third-order valence-corrected chi connectivity index (χ3v) is 7.13. The molecule has 5 rings (SSSR count). The number of aromatic nitrogens is 3. The van der Waals surface area contributed by atoms with Gasteiger partial charge in [0.25, 0.3) is 0 Å². The highest BCUT2D eigenvalue weighted by Crippen LogP contribution is 2.31. The van der Waals surface area contributed by atoms with E-state index in [0.717, 1.165) is 42.6 Å². The molecule has 2 N–H and O–H groups in total. The molecule has 35 heavy (non-hydrogen) atoms. The molecule has 180 valence electrons. The number of phenolic OH excluding ortho intramolecular Hbond substituents is 1. The number of benzene rings is 2. The number of aromatic hydroxyl groups is 1. The van der Waals surface area contributed by atoms with Crippen LogP contribution in [0.25, 0.3) is 16.9 Å². The van der Waals surface area contributed by atoms with Gasteiger partial charge in [-0.2, -0.15) is 9.61 Å². The minimum absolute atomic E-state index is 0.0377. The minimum atomic E-state index is -0.0377. The Morgan fingerprint density at radius 2 is 1.86 bits per heavy atom. The maximum atomic E-state index is 13.0. The maximum Gasteiger partial charge on any atom is 0.225 e. The molecule has 7 nitrogen and oxygen atoms in total. The smallest absolute Gasteiger partial charge is 0.225 e. The molecule has 3 heterocycles. The van der Waals surface area contributed by atoms with E-state index in [1.807, 2.05) is 48.2 Å². The van der Waals surface area contributed by atoms with Crippen molar-refractivity contribution in [2.45, 2.75) is 32.2 Å². The highest BCUT2D eigenvalue weighted by Gasteiger charge is 2.27. The lowest BCUT2D eigenvalue weighted by Gasteiger charge is -2.34. The number of hydrogen-bond donors (Lipinski definition) is 2. The number of nitrogens with zero attached hydrogens (tertiary/aromatic N) is 4. The van der Waals surface area contributed by atoms with Crippen molar-refractivity contribution in [3.8, 4) is 17.0 Å². The van der Waals surface area contributed by atoms with Crippen molar-refractivity contribution in [2.75, 3.05) is 18.4 Å². The topological polar surface area (TPSA) is 82.8 Å². The fraction of sp³-hybridized carbons (Fsp3) is 0.296. The molecular formula is C27H28BrN5O2. The third kappa shape index (κ3) is 5.03. The Balaban J connectivity index is 1.28. The van der Waals surface area contributed by atoms with E-state index in [1.165, 1.54) is 5.56 Å². The number of anilines is 1. The van der Waals surface area contributed by atoms with Crippen LogP contribution in [-0.2, 0) is 11.2 Å². The SMILES string of the molecule is CC(Cc1ccccc1)C(=O)N1CCC(Nc2cc(-c3ccccc3O)nc3c(Br)cnn23)CC1. The molecular weight excluding hydrogens is 506 g/mol. The number of likely N-dealkylation sites (tertiary alicyclic amines) is 1. The number of nitrogens with one attached hydrogen (secondary N) is 1. The van der Waals surface area contributed by atoms with Crippen molar-refractivity contribution in [1.29, 1.82) is 0 Å². The summed E-state index contributed by atoms with van der Waals surface area (Å²) in [6, 6.07) is 19.5. The Kier molecular flexibility index (Phi) is 6.72. The number of fused-ring (bicyclic) bond motifs is 1. The second-order valence-corrected chi connectivity index (χ2v) is 9.96. The normalized spacial score (nSPS) is 15.3. The van der Waals surface area contributed by atoms with E-state index in [9.17, 15) is 9.90 Å². The van der Waals surface area contributed by atoms with Crippen LogP contribution in [0.1, 0.15) is 25.3 Å². The minimum Gasteiger partial charge on any atom is -0.507 e. The molecule has 0 saturated carbocycles. The van der Waals surface area contributed by atoms with Crippen LogP contribution in [-0.4, -0.2) is 49.6 Å². The van der Waals surface area contributed by atoms with E-state index in [1.54, 1.807) is 22.8 Å². The molecule has 0 aliphatic carbocycles. The second-order valence-electron chi connectivity index (χ2n) is 9.11. The van der Waals surface area contributed by atoms with E-state index >= 15 is 0 Å². The quantitative estimate of drug-likeness (QED) is 0.358. The zero-order valence-electron chi connectivity index (χ0n) is 19.6. The number of hydrogen-bond acceptors (Lipinski definition) is 5. The summed E-state index contributed by atoms with van der Waals surface area (Å²) in [4.78, 5) is 19.7. The van der Waals surface area contributed by atoms with Crippen molar-refractivity contribution in [2.24, 2.45) is 5.92 Å². The molecule has 8 heteroatoms. The summed E-state index contributed by atoms with van der Waals surface area (Å²) in [5.74, 6) is 1.17. The first-order valence-electron chi connectivity index (χ1n) is 11.9. The summed E-state index contributed by atoms with van der Waals surface area (Å²) in [6.07, 6.45) is 4.18. The van der Waals surface area contributed by atoms with Crippen molar-refractivity contribution in [1.82, 2.24) is 19.5 Å². The van der Waals surface area contributed by atoms with E-state index in [-0.39, 0.29) is 23.6 Å². The lowest BCUT2D eigenvalue weighted by atomic mass is 9.97. The average molecular weight is 534 g/mol. The van der Waals surface area contributed by atoms with Gasteiger partial charge in [-0.05, 0) is 52.9 Å². The van der Waals surface area contributed by atoms with Crippen LogP contribution in [0.3, 0.4) is 0 Å². The molecule has 0 bridgehead atoms. The van der Waals surface area contributed by atoms with Crippen LogP contribution in [0.15, 0.2) is 71.3 Å². The van der Waals surface area contributed by atoms with Gasteiger partial charge in [0.1, 0.15) is 11.6 Å². The summed E-state index contributed by atoms with van der Waals surface area (Å²) >= 11 is 3.53. The van der Waals surface area contributed by atoms with Crippen LogP contribution in [0.4, 0.5) is 5.82 Å². The lowest BCUT2D eigenvalue weighted by Crippen LogP contribution is -2.44. The van der Waals surface area contributed by atoms with E-state index in [0.29, 0.717) is 16.9 Å². The fourth-order valence-electron chi connectivity index (χ4n) is 4.69. The number of rotatable bonds is 6. The van der Waals surface area contributed by atoms with Crippen LogP contribution in [0, 0.1) is 5.92 Å². The van der Waals surface area contributed by atoms with Gasteiger partial charge in [0.05, 0.1) is 16.4 Å². The molecule has 1 fully saturated rings. The van der Waals surface area contributed by atoms with Gasteiger partial charge in [0, 0.05) is 36.7 Å². The zero-order valence-corrected chi connectivity index (χ0v) is 21.1. The molecule has 1 aliphatic rings. The molecule has 0 spiro atoms. The maximum absolute atomic E-state index is 13.0. The molecule has 1 saturated heterocycles. The molecule has 1 unspecified atom stereocenters. The van der Waals surface area contributed by atoms with Gasteiger partial charge in [0.2, 0.25) is 5.91 Å². The van der Waals surface area contributed by atoms with E-state index in [4.69, 9.17) is 4.98 Å². The predicted octanol–water partition coefficient (Wildman–Crippen LogP) is 5.15. The number of piperidine rings is 1. The number of amides is 1. The van der Waals surface area contributed by atoms with Crippen molar-refractivity contribution >= 4 is 33.3 Å². The van der Waals surface area contributed by atoms with Crippen molar-refractivity contribution in [3.05, 3.63) is 76.9 Å². The molecule has 1 aliphatic heterocycles. The summed E-state index contributed by atoms with van der Waals surface area (Å²) in [7, 11) is 0. The molecule has 2 aromatic heterocycles. The average Bonchev–Trinajstić information content (AvgIpc) is 3.26. The number of para-hydroxylation sites is 1. The summed E-state index contributed by atoms with van der Waals surface area (Å²) in [5.41, 5.74) is 3.20. The lowest BCUT2D eigenvalue weighted by molar-refractivity contribution is -0.135. The van der Waals surface area contributed by atoms with Gasteiger partial charge in [-0.15, -0.1) is 0 Å². The monoisotopic (exact) mass is 533 g/mol. The Hall–Kier alpha value is -3.39. The van der Waals surface area contributed by atoms with E-state index in [2.05, 4.69) is 38.5 Å². The fourth-order valence-corrected chi connectivity index (χ4v) is 5.04. The second kappa shape index (κ2) is 10.1. The number of phenols is 1. The number of carbonyl (C=O) groups excluding carboxylic acids is 1. The Morgan fingerprint density at radius 3 is 2.60 bits per heavy atom. The first kappa shape index (κ1) is 23.4. The van der Waals surface area contributed by atoms with Gasteiger partial charge >= 0.3 is 0 Å². The van der Waals surface area contributed by atoms with Gasteiger partial charge in [0.15, 0.2) is 5.65 Å². The van der Waals surface area contributed by atoms with Gasteiger partial charge in [-0.25, -0.2) is 4.98 Å². The van der Waals surface area contributed by atoms with Crippen LogP contribution in [0.2, 0.25) is 0 Å². The number of halogens is 1. The standard InChI is InChI=1S/C27H28BrN5O2/c1-18(15-19-7-3-2-4-8-19)27(35)32-13-11-20(12-14-32)30-25-16-23(21-9-5-6-10-24(21)34)31-26-22(28)17-29-33(25)26/h2-10,16-18,20,30,34H,11-15H2,1H3. The Bertz CT molecular complexity index is 1330. The zero-order chi connectivity index (χ0) is 24.4. The number of carbonyl (C=O) groups is 1. The van der Waals surface area contributed by atoms with Crippen LogP contribution >= 0.6 is 15.9 Å².